The third-order valence-electron chi connectivity index (χ3n) is 2.11. The van der Waals surface area contributed by atoms with Crippen LogP contribution in [0.1, 0.15) is 6.42 Å². The topological polar surface area (TPSA) is 88.1 Å². The molecule has 1 aromatic heterocycles. The largest absolute Gasteiger partial charge is 0.388 e. The van der Waals surface area contributed by atoms with Gasteiger partial charge in [-0.15, -0.1) is 0 Å². The predicted molar refractivity (Wildman–Crippen MR) is 62.6 cm³/mol. The van der Waals surface area contributed by atoms with Crippen LogP contribution in [0.25, 0.3) is 0 Å². The lowest BCUT2D eigenvalue weighted by Crippen LogP contribution is -2.32. The Bertz CT molecular complexity index is 356. The van der Waals surface area contributed by atoms with Crippen LogP contribution in [-0.4, -0.2) is 42.6 Å². The first kappa shape index (κ1) is 13.3. The zero-order valence-corrected chi connectivity index (χ0v) is 9.69. The molecule has 0 saturated carbocycles. The monoisotopic (exact) mass is 241 g/mol. The maximum absolute atomic E-state index is 12.7. The molecule has 3 N–H and O–H groups in total. The molecule has 0 amide bonds. The zero-order chi connectivity index (χ0) is 12.7. The molecule has 1 aromatic rings. The van der Waals surface area contributed by atoms with E-state index in [9.17, 15) is 4.39 Å². The summed E-state index contributed by atoms with van der Waals surface area (Å²) in [5.74, 6) is 0.0197. The van der Waals surface area contributed by atoms with Gasteiger partial charge >= 0.3 is 0 Å². The summed E-state index contributed by atoms with van der Waals surface area (Å²) in [5.41, 5.74) is 5.30. The Morgan fingerprint density at radius 2 is 2.12 bits per heavy atom. The van der Waals surface area contributed by atoms with Crippen molar-refractivity contribution in [2.45, 2.75) is 6.42 Å². The molecular formula is C10H16FN5O. The van der Waals surface area contributed by atoms with Crippen molar-refractivity contribution >= 4 is 11.8 Å². The maximum Gasteiger partial charge on any atom is 0.225 e. The minimum atomic E-state index is -0.480. The highest BCUT2D eigenvalue weighted by Crippen LogP contribution is 2.06. The summed E-state index contributed by atoms with van der Waals surface area (Å²) < 4.78 is 17.7. The molecule has 0 bridgehead atoms. The number of hydrogen-bond donors (Lipinski definition) is 2. The van der Waals surface area contributed by atoms with Crippen molar-refractivity contribution in [3.63, 3.8) is 0 Å². The molecule has 0 aliphatic rings. The average Bonchev–Trinajstić information content (AvgIpc) is 2.30. The standard InChI is InChI=1S/C10H16FN5O/c1-17-5-4-16(3-2-9(12)13)10-14-6-8(11)7-15-10/h6-7H,2-5H2,1H3,(H3,12,13). The smallest absolute Gasteiger partial charge is 0.225 e. The van der Waals surface area contributed by atoms with Crippen molar-refractivity contribution in [2.75, 3.05) is 31.7 Å². The number of ether oxygens (including phenoxy) is 1. The second-order valence-corrected chi connectivity index (χ2v) is 3.46. The fourth-order valence-corrected chi connectivity index (χ4v) is 1.24. The Kier molecular flexibility index (Phi) is 5.28. The Labute approximate surface area is 99.1 Å². The SMILES string of the molecule is COCCN(CCC(=N)N)c1ncc(F)cn1. The van der Waals surface area contributed by atoms with E-state index in [2.05, 4.69) is 9.97 Å². The quantitative estimate of drug-likeness (QED) is 0.532. The summed E-state index contributed by atoms with van der Waals surface area (Å²) in [6.07, 6.45) is 2.62. The van der Waals surface area contributed by atoms with Crippen LogP contribution in [0.3, 0.4) is 0 Å². The van der Waals surface area contributed by atoms with Gasteiger partial charge in [0.1, 0.15) is 0 Å². The van der Waals surface area contributed by atoms with E-state index in [-0.39, 0.29) is 5.84 Å². The number of nitrogens with two attached hydrogens (primary N) is 1. The van der Waals surface area contributed by atoms with Crippen LogP contribution < -0.4 is 10.6 Å². The van der Waals surface area contributed by atoms with Gasteiger partial charge in [0.15, 0.2) is 5.82 Å². The van der Waals surface area contributed by atoms with Gasteiger partial charge in [-0.25, -0.2) is 14.4 Å². The van der Waals surface area contributed by atoms with E-state index in [0.717, 1.165) is 12.4 Å². The number of anilines is 1. The minimum absolute atomic E-state index is 0.0922. The second-order valence-electron chi connectivity index (χ2n) is 3.46. The molecule has 0 aromatic carbocycles. The van der Waals surface area contributed by atoms with Crippen molar-refractivity contribution < 1.29 is 9.13 Å². The van der Waals surface area contributed by atoms with Crippen LogP contribution in [0.2, 0.25) is 0 Å². The van der Waals surface area contributed by atoms with Crippen molar-refractivity contribution in [1.82, 2.24) is 9.97 Å². The van der Waals surface area contributed by atoms with Crippen LogP contribution >= 0.6 is 0 Å². The highest BCUT2D eigenvalue weighted by atomic mass is 19.1. The van der Waals surface area contributed by atoms with Gasteiger partial charge in [0.05, 0.1) is 24.8 Å². The summed E-state index contributed by atoms with van der Waals surface area (Å²) in [5, 5.41) is 7.18. The number of amidine groups is 1. The molecule has 1 heterocycles. The van der Waals surface area contributed by atoms with Crippen LogP contribution in [-0.2, 0) is 4.74 Å². The van der Waals surface area contributed by atoms with Gasteiger partial charge in [-0.2, -0.15) is 0 Å². The number of hydrogen-bond acceptors (Lipinski definition) is 5. The van der Waals surface area contributed by atoms with Crippen LogP contribution in [0.5, 0.6) is 0 Å². The molecule has 6 nitrogen and oxygen atoms in total. The Balaban J connectivity index is 2.67. The van der Waals surface area contributed by atoms with Gasteiger partial charge in [-0.05, 0) is 0 Å². The Morgan fingerprint density at radius 1 is 1.47 bits per heavy atom. The molecule has 0 saturated heterocycles. The van der Waals surface area contributed by atoms with Crippen molar-refractivity contribution in [1.29, 1.82) is 5.41 Å². The normalized spacial score (nSPS) is 10.2. The molecule has 0 atom stereocenters. The lowest BCUT2D eigenvalue weighted by Gasteiger charge is -2.21. The summed E-state index contributed by atoms with van der Waals surface area (Å²) in [6.45, 7) is 1.57. The summed E-state index contributed by atoms with van der Waals surface area (Å²) in [4.78, 5) is 9.56. The lowest BCUT2D eigenvalue weighted by atomic mass is 10.3. The molecule has 17 heavy (non-hydrogen) atoms. The molecule has 0 fully saturated rings. The van der Waals surface area contributed by atoms with Crippen LogP contribution in [0, 0.1) is 11.2 Å². The van der Waals surface area contributed by atoms with Crippen molar-refractivity contribution in [2.24, 2.45) is 5.73 Å². The highest BCUT2D eigenvalue weighted by molar-refractivity contribution is 5.77. The third-order valence-corrected chi connectivity index (χ3v) is 2.11. The molecular weight excluding hydrogens is 225 g/mol. The number of rotatable bonds is 7. The first-order valence-electron chi connectivity index (χ1n) is 5.18. The van der Waals surface area contributed by atoms with Gasteiger partial charge < -0.3 is 15.4 Å². The number of aromatic nitrogens is 2. The van der Waals surface area contributed by atoms with Gasteiger partial charge in [0, 0.05) is 26.6 Å². The molecule has 0 radical (unpaired) electrons. The minimum Gasteiger partial charge on any atom is -0.388 e. The molecule has 0 aliphatic carbocycles. The first-order valence-corrected chi connectivity index (χ1v) is 5.18. The molecule has 0 unspecified atom stereocenters. The van der Waals surface area contributed by atoms with E-state index >= 15 is 0 Å². The highest BCUT2D eigenvalue weighted by Gasteiger charge is 2.09. The van der Waals surface area contributed by atoms with E-state index in [1.807, 2.05) is 0 Å². The van der Waals surface area contributed by atoms with E-state index in [1.54, 1.807) is 12.0 Å². The number of nitrogens with one attached hydrogen (secondary N) is 1. The maximum atomic E-state index is 12.7. The van der Waals surface area contributed by atoms with Crippen LogP contribution in [0.15, 0.2) is 12.4 Å². The Hall–Kier alpha value is -1.76. The van der Waals surface area contributed by atoms with Crippen molar-refractivity contribution in [3.8, 4) is 0 Å². The summed E-state index contributed by atoms with van der Waals surface area (Å²) in [7, 11) is 1.59. The first-order chi connectivity index (χ1) is 8.13. The molecule has 7 heteroatoms. The number of nitrogens with zero attached hydrogens (tertiary/aromatic N) is 3. The van der Waals surface area contributed by atoms with Gasteiger partial charge in [0.25, 0.3) is 0 Å². The van der Waals surface area contributed by atoms with E-state index in [4.69, 9.17) is 15.9 Å². The Morgan fingerprint density at radius 3 is 2.65 bits per heavy atom. The second kappa shape index (κ2) is 6.74. The zero-order valence-electron chi connectivity index (χ0n) is 9.69. The van der Waals surface area contributed by atoms with Crippen LogP contribution in [0.4, 0.5) is 10.3 Å². The molecule has 94 valence electrons. The number of methoxy groups -OCH3 is 1. The fraction of sp³-hybridized carbons (Fsp3) is 0.500. The lowest BCUT2D eigenvalue weighted by molar-refractivity contribution is 0.205. The van der Waals surface area contributed by atoms with E-state index in [0.29, 0.717) is 32.1 Å². The molecule has 1 rings (SSSR count). The predicted octanol–water partition coefficient (Wildman–Crippen LogP) is 0.395. The third kappa shape index (κ3) is 4.73. The average molecular weight is 241 g/mol. The number of halogens is 1. The van der Waals surface area contributed by atoms with E-state index < -0.39 is 5.82 Å². The van der Waals surface area contributed by atoms with Gasteiger partial charge in [-0.3, -0.25) is 5.41 Å². The van der Waals surface area contributed by atoms with Gasteiger partial charge in [0.2, 0.25) is 5.95 Å². The van der Waals surface area contributed by atoms with E-state index in [1.165, 1.54) is 0 Å². The fourth-order valence-electron chi connectivity index (χ4n) is 1.24. The summed E-state index contributed by atoms with van der Waals surface area (Å²) >= 11 is 0. The van der Waals surface area contributed by atoms with Gasteiger partial charge in [-0.1, -0.05) is 0 Å². The molecule has 0 spiro atoms. The molecule has 0 aliphatic heterocycles. The van der Waals surface area contributed by atoms with Crippen molar-refractivity contribution in [3.05, 3.63) is 18.2 Å². The summed E-state index contributed by atoms with van der Waals surface area (Å²) in [6, 6.07) is 0.